The summed E-state index contributed by atoms with van der Waals surface area (Å²) in [6.45, 7) is 0. The van der Waals surface area contributed by atoms with E-state index in [4.69, 9.17) is 0 Å². The Morgan fingerprint density at radius 1 is 1.44 bits per heavy atom. The molecule has 0 spiro atoms. The first-order valence-corrected chi connectivity index (χ1v) is 5.28. The van der Waals surface area contributed by atoms with E-state index in [-0.39, 0.29) is 5.69 Å². The smallest absolute Gasteiger partial charge is 0.382 e. The molecule has 1 heterocycles. The number of nitrogens with zero attached hydrogens (tertiary/aromatic N) is 2. The molecule has 0 radical (unpaired) electrons. The zero-order chi connectivity index (χ0) is 13.5. The molecule has 8 heteroatoms. The first-order chi connectivity index (χ1) is 8.40. The molecule has 1 aromatic rings. The van der Waals surface area contributed by atoms with Gasteiger partial charge >= 0.3 is 6.18 Å². The minimum absolute atomic E-state index is 0.204. The average Bonchev–Trinajstić information content (AvgIpc) is 3.10. The molecule has 1 aliphatic rings. The molecule has 0 aliphatic heterocycles. The van der Waals surface area contributed by atoms with Gasteiger partial charge in [0.2, 0.25) is 0 Å². The van der Waals surface area contributed by atoms with Crippen molar-refractivity contribution in [2.24, 2.45) is 5.18 Å². The van der Waals surface area contributed by atoms with E-state index in [1.54, 1.807) is 0 Å². The van der Waals surface area contributed by atoms with E-state index in [9.17, 15) is 22.9 Å². The number of alkyl halides is 3. The first kappa shape index (κ1) is 12.6. The van der Waals surface area contributed by atoms with Crippen LogP contribution >= 0.6 is 0 Å². The average molecular weight is 261 g/mol. The van der Waals surface area contributed by atoms with Gasteiger partial charge in [-0.15, -0.1) is 4.91 Å². The van der Waals surface area contributed by atoms with Gasteiger partial charge in [0, 0.05) is 13.1 Å². The summed E-state index contributed by atoms with van der Waals surface area (Å²) < 4.78 is 39.2. The predicted molar refractivity (Wildman–Crippen MR) is 59.0 cm³/mol. The van der Waals surface area contributed by atoms with Crippen LogP contribution in [0.4, 0.5) is 24.5 Å². The molecule has 18 heavy (non-hydrogen) atoms. The van der Waals surface area contributed by atoms with Gasteiger partial charge in [-0.25, -0.2) is 0 Å². The summed E-state index contributed by atoms with van der Waals surface area (Å²) >= 11 is 0. The highest BCUT2D eigenvalue weighted by Crippen LogP contribution is 2.41. The van der Waals surface area contributed by atoms with Crippen LogP contribution in [0.25, 0.3) is 0 Å². The van der Waals surface area contributed by atoms with Crippen molar-refractivity contribution in [1.29, 1.82) is 0 Å². The molecule has 5 nitrogen and oxygen atoms in total. The van der Waals surface area contributed by atoms with Gasteiger partial charge in [-0.05, 0) is 24.1 Å². The van der Waals surface area contributed by atoms with Crippen molar-refractivity contribution in [1.82, 2.24) is 4.57 Å². The van der Waals surface area contributed by atoms with E-state index in [0.29, 0.717) is 23.5 Å². The molecule has 1 aromatic heterocycles. The van der Waals surface area contributed by atoms with Crippen molar-refractivity contribution in [3.63, 3.8) is 0 Å². The maximum atomic E-state index is 12.8. The van der Waals surface area contributed by atoms with Crippen molar-refractivity contribution in [3.8, 4) is 0 Å². The lowest BCUT2D eigenvalue weighted by atomic mass is 10.2. The van der Waals surface area contributed by atoms with Gasteiger partial charge < -0.3 is 5.32 Å². The van der Waals surface area contributed by atoms with Crippen LogP contribution in [-0.2, 0) is 6.18 Å². The van der Waals surface area contributed by atoms with Crippen LogP contribution < -0.4 is 10.9 Å². The number of pyridine rings is 1. The Balaban J connectivity index is 2.76. The molecular weight excluding hydrogens is 251 g/mol. The molecule has 0 saturated heterocycles. The largest absolute Gasteiger partial charge is 0.431 e. The van der Waals surface area contributed by atoms with Crippen molar-refractivity contribution < 1.29 is 13.2 Å². The predicted octanol–water partition coefficient (Wildman–Crippen LogP) is 2.64. The van der Waals surface area contributed by atoms with Crippen LogP contribution in [0.3, 0.4) is 0 Å². The fraction of sp³-hybridized carbons (Fsp3) is 0.500. The third-order valence-electron chi connectivity index (χ3n) is 2.77. The van der Waals surface area contributed by atoms with Crippen LogP contribution in [0.5, 0.6) is 0 Å². The minimum Gasteiger partial charge on any atom is -0.382 e. The molecule has 1 fully saturated rings. The Kier molecular flexibility index (Phi) is 2.88. The van der Waals surface area contributed by atoms with E-state index >= 15 is 0 Å². The first-order valence-electron chi connectivity index (χ1n) is 5.28. The second-order valence-corrected chi connectivity index (χ2v) is 4.04. The Morgan fingerprint density at radius 2 is 2.06 bits per heavy atom. The van der Waals surface area contributed by atoms with Crippen LogP contribution in [0.15, 0.2) is 16.0 Å². The zero-order valence-corrected chi connectivity index (χ0v) is 9.41. The maximum Gasteiger partial charge on any atom is 0.431 e. The molecule has 2 rings (SSSR count). The van der Waals surface area contributed by atoms with E-state index < -0.39 is 29.2 Å². The molecule has 0 atom stereocenters. The molecule has 1 N–H and O–H groups in total. The fourth-order valence-electron chi connectivity index (χ4n) is 1.83. The lowest BCUT2D eigenvalue weighted by Crippen LogP contribution is -2.29. The van der Waals surface area contributed by atoms with Crippen molar-refractivity contribution >= 4 is 11.4 Å². The second-order valence-electron chi connectivity index (χ2n) is 4.04. The van der Waals surface area contributed by atoms with Gasteiger partial charge in [0.1, 0.15) is 17.1 Å². The van der Waals surface area contributed by atoms with Crippen LogP contribution in [0.1, 0.15) is 24.6 Å². The van der Waals surface area contributed by atoms with Crippen LogP contribution in [0, 0.1) is 4.91 Å². The monoisotopic (exact) mass is 261 g/mol. The topological polar surface area (TPSA) is 63.5 Å². The highest BCUT2D eigenvalue weighted by molar-refractivity contribution is 5.64. The highest BCUT2D eigenvalue weighted by Gasteiger charge is 2.40. The van der Waals surface area contributed by atoms with E-state index in [0.717, 1.165) is 0 Å². The van der Waals surface area contributed by atoms with Gasteiger partial charge in [-0.3, -0.25) is 9.36 Å². The number of rotatable bonds is 3. The number of anilines is 1. The third-order valence-corrected chi connectivity index (χ3v) is 2.77. The minimum atomic E-state index is -4.69. The second kappa shape index (κ2) is 4.11. The van der Waals surface area contributed by atoms with Gasteiger partial charge in [0.05, 0.1) is 0 Å². The Bertz CT molecular complexity index is 547. The van der Waals surface area contributed by atoms with Crippen LogP contribution in [0.2, 0.25) is 0 Å². The molecule has 98 valence electrons. The summed E-state index contributed by atoms with van der Waals surface area (Å²) in [4.78, 5) is 22.4. The van der Waals surface area contributed by atoms with Gasteiger partial charge in [0.25, 0.3) is 5.56 Å². The third kappa shape index (κ3) is 1.98. The fourth-order valence-corrected chi connectivity index (χ4v) is 1.83. The number of nitroso groups, excluding NO2 is 1. The summed E-state index contributed by atoms with van der Waals surface area (Å²) in [6.07, 6.45) is -3.63. The summed E-state index contributed by atoms with van der Waals surface area (Å²) in [5, 5.41) is 4.89. The van der Waals surface area contributed by atoms with Crippen molar-refractivity contribution in [3.05, 3.63) is 27.0 Å². The summed E-state index contributed by atoms with van der Waals surface area (Å²) in [5.74, 6) is 0. The number of hydrogen-bond donors (Lipinski definition) is 1. The van der Waals surface area contributed by atoms with E-state index in [1.165, 1.54) is 7.05 Å². The zero-order valence-electron chi connectivity index (χ0n) is 9.41. The highest BCUT2D eigenvalue weighted by atomic mass is 19.4. The molecular formula is C10H10F3N3O2. The Labute approximate surface area is 99.6 Å². The maximum absolute atomic E-state index is 12.8. The van der Waals surface area contributed by atoms with E-state index in [2.05, 4.69) is 10.5 Å². The normalized spacial score (nSPS) is 15.6. The molecule has 1 saturated carbocycles. The van der Waals surface area contributed by atoms with Gasteiger partial charge in [0.15, 0.2) is 0 Å². The summed E-state index contributed by atoms with van der Waals surface area (Å²) in [6, 6.07) is 0.167. The lowest BCUT2D eigenvalue weighted by Gasteiger charge is -2.16. The summed E-state index contributed by atoms with van der Waals surface area (Å²) in [7, 11) is 1.36. The van der Waals surface area contributed by atoms with Crippen LogP contribution in [-0.4, -0.2) is 11.6 Å². The number of hydrogen-bond acceptors (Lipinski definition) is 4. The SMILES string of the molecule is CNc1c(N=O)cc(C(F)(F)F)n(C2CC2)c1=O. The molecule has 0 amide bonds. The summed E-state index contributed by atoms with van der Waals surface area (Å²) in [5.41, 5.74) is -2.70. The quantitative estimate of drug-likeness (QED) is 0.851. The van der Waals surface area contributed by atoms with E-state index in [1.807, 2.05) is 0 Å². The van der Waals surface area contributed by atoms with Gasteiger partial charge in [-0.2, -0.15) is 13.2 Å². The molecule has 0 bridgehead atoms. The number of halogens is 3. The number of nitrogens with one attached hydrogen (secondary N) is 1. The Hall–Kier alpha value is -1.86. The van der Waals surface area contributed by atoms with Crippen molar-refractivity contribution in [2.75, 3.05) is 12.4 Å². The standard InChI is InChI=1S/C10H10F3N3O2/c1-14-8-6(15-18)4-7(10(11,12)13)16(9(8)17)5-2-3-5/h4-5,14H,2-3H2,1H3. The molecule has 0 unspecified atom stereocenters. The molecule has 0 aromatic carbocycles. The van der Waals surface area contributed by atoms with Gasteiger partial charge in [-0.1, -0.05) is 0 Å². The lowest BCUT2D eigenvalue weighted by molar-refractivity contribution is -0.144. The number of aromatic nitrogens is 1. The molecule has 1 aliphatic carbocycles. The van der Waals surface area contributed by atoms with Crippen molar-refractivity contribution in [2.45, 2.75) is 25.1 Å². The Morgan fingerprint density at radius 3 is 2.44 bits per heavy atom.